The highest BCUT2D eigenvalue weighted by Crippen LogP contribution is 2.19. The largest absolute Gasteiger partial charge is 0.384 e. The number of aromatic nitrogens is 2. The molecule has 2 aromatic rings. The Morgan fingerprint density at radius 1 is 1.16 bits per heavy atom. The van der Waals surface area contributed by atoms with E-state index in [0.29, 0.717) is 5.56 Å². The second-order valence-corrected chi connectivity index (χ2v) is 11.9. The fraction of sp³-hybridized carbons (Fsp3) is 0.450. The minimum Gasteiger partial charge on any atom is -0.384 e. The molecule has 31 heavy (non-hydrogen) atoms. The maximum atomic E-state index is 12.8. The zero-order chi connectivity index (χ0) is 23.7. The van der Waals surface area contributed by atoms with E-state index in [1.165, 1.54) is 30.0 Å². The quantitative estimate of drug-likeness (QED) is 0.512. The highest BCUT2D eigenvalue weighted by molar-refractivity contribution is 8.00. The Hall–Kier alpha value is -2.53. The van der Waals surface area contributed by atoms with Gasteiger partial charge in [-0.05, 0) is 23.1 Å². The molecule has 1 aromatic heterocycles. The van der Waals surface area contributed by atoms with E-state index >= 15 is 0 Å². The molecule has 11 heteroatoms. The van der Waals surface area contributed by atoms with Crippen LogP contribution in [0.3, 0.4) is 0 Å². The van der Waals surface area contributed by atoms with Gasteiger partial charge in [-0.15, -0.1) is 0 Å². The third-order valence-electron chi connectivity index (χ3n) is 4.46. The first-order chi connectivity index (χ1) is 14.1. The highest BCUT2D eigenvalue weighted by atomic mass is 32.2. The van der Waals surface area contributed by atoms with Gasteiger partial charge in [-0.1, -0.05) is 32.9 Å². The van der Waals surface area contributed by atoms with Gasteiger partial charge < -0.3 is 5.73 Å². The number of benzene rings is 1. The topological polar surface area (TPSA) is 134 Å². The maximum Gasteiger partial charge on any atom is 0.332 e. The number of sulfone groups is 1. The number of rotatable bonds is 5. The van der Waals surface area contributed by atoms with E-state index in [4.69, 9.17) is 5.73 Å². The van der Waals surface area contributed by atoms with Crippen molar-refractivity contribution in [3.8, 4) is 0 Å². The van der Waals surface area contributed by atoms with Gasteiger partial charge in [0.15, 0.2) is 9.84 Å². The molecule has 0 bridgehead atoms. The monoisotopic (exact) mass is 468 g/mol. The lowest BCUT2D eigenvalue weighted by atomic mass is 9.97. The maximum absolute atomic E-state index is 12.8. The van der Waals surface area contributed by atoms with Crippen molar-refractivity contribution in [1.29, 1.82) is 0 Å². The predicted molar refractivity (Wildman–Crippen MR) is 124 cm³/mol. The van der Waals surface area contributed by atoms with Crippen LogP contribution in [0.5, 0.6) is 0 Å². The van der Waals surface area contributed by atoms with Crippen LogP contribution in [0.25, 0.3) is 0 Å². The van der Waals surface area contributed by atoms with Gasteiger partial charge in [0, 0.05) is 26.1 Å². The molecule has 2 rings (SSSR count). The minimum absolute atomic E-state index is 0.0204. The molecule has 1 heterocycles. The van der Waals surface area contributed by atoms with E-state index in [2.05, 4.69) is 4.99 Å². The molecular weight excluding hydrogens is 440 g/mol. The van der Waals surface area contributed by atoms with Crippen molar-refractivity contribution in [3.63, 3.8) is 0 Å². The first-order valence-corrected chi connectivity index (χ1v) is 12.8. The van der Waals surface area contributed by atoms with Crippen molar-refractivity contribution >= 4 is 31.5 Å². The van der Waals surface area contributed by atoms with Crippen LogP contribution in [-0.4, -0.2) is 39.3 Å². The van der Waals surface area contributed by atoms with Crippen molar-refractivity contribution in [3.05, 3.63) is 56.2 Å². The van der Waals surface area contributed by atoms with Crippen LogP contribution in [0, 0.1) is 5.41 Å². The Morgan fingerprint density at radius 2 is 1.71 bits per heavy atom. The third kappa shape index (κ3) is 5.79. The van der Waals surface area contributed by atoms with E-state index < -0.39 is 31.9 Å². The summed E-state index contributed by atoms with van der Waals surface area (Å²) in [5.74, 6) is -0.0793. The van der Waals surface area contributed by atoms with E-state index in [1.807, 2.05) is 20.8 Å². The van der Waals surface area contributed by atoms with E-state index in [9.17, 15) is 22.2 Å². The zero-order valence-electron chi connectivity index (χ0n) is 18.5. The van der Waals surface area contributed by atoms with Crippen LogP contribution < -0.4 is 17.0 Å². The first kappa shape index (κ1) is 24.7. The summed E-state index contributed by atoms with van der Waals surface area (Å²) in [4.78, 5) is 30.0. The summed E-state index contributed by atoms with van der Waals surface area (Å²) in [7, 11) is -3.65. The normalized spacial score (nSPS) is 13.9. The molecule has 1 atom stereocenters. The van der Waals surface area contributed by atoms with E-state index in [0.717, 1.165) is 10.8 Å². The molecule has 0 aliphatic rings. The van der Waals surface area contributed by atoms with Crippen LogP contribution >= 0.6 is 0 Å². The van der Waals surface area contributed by atoms with Crippen molar-refractivity contribution in [1.82, 2.24) is 9.13 Å². The second-order valence-electron chi connectivity index (χ2n) is 8.55. The number of nitrogen functional groups attached to an aromatic ring is 1. The molecule has 0 spiro atoms. The number of anilines is 1. The van der Waals surface area contributed by atoms with E-state index in [1.54, 1.807) is 12.1 Å². The number of hydrogen-bond donors (Lipinski definition) is 1. The van der Waals surface area contributed by atoms with Gasteiger partial charge in [-0.25, -0.2) is 13.2 Å². The van der Waals surface area contributed by atoms with E-state index in [-0.39, 0.29) is 39.8 Å². The lowest BCUT2D eigenvalue weighted by molar-refractivity contribution is 0.334. The third-order valence-corrected chi connectivity index (χ3v) is 6.46. The van der Waals surface area contributed by atoms with Gasteiger partial charge in [0.25, 0.3) is 5.56 Å². The number of hydrogen-bond acceptors (Lipinski definition) is 7. The summed E-state index contributed by atoms with van der Waals surface area (Å²) < 4.78 is 37.9. The van der Waals surface area contributed by atoms with Crippen LogP contribution in [0.4, 0.5) is 5.82 Å². The Morgan fingerprint density at radius 3 is 2.16 bits per heavy atom. The summed E-state index contributed by atoms with van der Waals surface area (Å²) >= 11 is 0. The average Bonchev–Trinajstić information content (AvgIpc) is 2.65. The Balaban J connectivity index is 2.60. The molecule has 0 aliphatic carbocycles. The number of aliphatic imine (C=N–C) groups is 1. The van der Waals surface area contributed by atoms with Gasteiger partial charge >= 0.3 is 5.69 Å². The second kappa shape index (κ2) is 8.91. The predicted octanol–water partition coefficient (Wildman–Crippen LogP) is 0.904. The smallest absolute Gasteiger partial charge is 0.332 e. The van der Waals surface area contributed by atoms with Crippen LogP contribution in [0.1, 0.15) is 31.9 Å². The van der Waals surface area contributed by atoms with Crippen molar-refractivity contribution < 1.29 is 12.6 Å². The molecule has 0 amide bonds. The minimum atomic E-state index is -3.32. The summed E-state index contributed by atoms with van der Waals surface area (Å²) in [5, 5.41) is -0.0204. The SMILES string of the molecule is Cn1c(=O)c(C(=NCc2ccc(S(C)(=O)=O)cc2)S(C)=O)c(N)n(CC(C)(C)C)c1=O. The summed E-state index contributed by atoms with van der Waals surface area (Å²) in [6.07, 6.45) is 2.49. The van der Waals surface area contributed by atoms with Gasteiger partial charge in [-0.3, -0.25) is 23.1 Å². The van der Waals surface area contributed by atoms with Crippen LogP contribution in [-0.2, 0) is 40.8 Å². The average molecular weight is 469 g/mol. The summed E-state index contributed by atoms with van der Waals surface area (Å²) in [5.41, 5.74) is 5.27. The summed E-state index contributed by atoms with van der Waals surface area (Å²) in [6.45, 7) is 6.10. The summed E-state index contributed by atoms with van der Waals surface area (Å²) in [6, 6.07) is 6.11. The highest BCUT2D eigenvalue weighted by Gasteiger charge is 2.24. The number of nitrogens with zero attached hydrogens (tertiary/aromatic N) is 3. The molecule has 0 saturated carbocycles. The van der Waals surface area contributed by atoms with Gasteiger partial charge in [0.2, 0.25) is 0 Å². The molecule has 0 fully saturated rings. The lowest BCUT2D eigenvalue weighted by Gasteiger charge is -2.23. The van der Waals surface area contributed by atoms with Gasteiger partial charge in [0.1, 0.15) is 16.4 Å². The molecular formula is C20H28N4O5S2. The molecule has 0 radical (unpaired) electrons. The van der Waals surface area contributed by atoms with Crippen LogP contribution in [0.2, 0.25) is 0 Å². The fourth-order valence-electron chi connectivity index (χ4n) is 2.93. The fourth-order valence-corrected chi connectivity index (χ4v) is 4.29. The Kier molecular flexibility index (Phi) is 7.11. The molecule has 2 N–H and O–H groups in total. The van der Waals surface area contributed by atoms with Crippen molar-refractivity contribution in [2.75, 3.05) is 18.2 Å². The molecule has 1 unspecified atom stereocenters. The van der Waals surface area contributed by atoms with Gasteiger partial charge in [0.05, 0.1) is 22.2 Å². The Labute approximate surface area is 184 Å². The van der Waals surface area contributed by atoms with Crippen LogP contribution in [0.15, 0.2) is 43.7 Å². The first-order valence-electron chi connectivity index (χ1n) is 9.40. The zero-order valence-corrected chi connectivity index (χ0v) is 20.1. The lowest BCUT2D eigenvalue weighted by Crippen LogP contribution is -2.44. The molecule has 1 aromatic carbocycles. The molecule has 9 nitrogen and oxygen atoms in total. The standard InChI is InChI=1S/C20H28N4O5S2/c1-20(2,3)12-24-16(21)15(18(25)23(4)19(24)26)17(30(5)27)22-11-13-7-9-14(10-8-13)31(6,28)29/h7-10H,11-12,21H2,1-6H3. The van der Waals surface area contributed by atoms with Crippen molar-refractivity contribution in [2.24, 2.45) is 17.5 Å². The number of nitrogens with two attached hydrogens (primary N) is 1. The Bertz CT molecular complexity index is 1260. The van der Waals surface area contributed by atoms with Crippen molar-refractivity contribution in [2.45, 2.75) is 38.8 Å². The molecule has 0 aliphatic heterocycles. The molecule has 0 saturated heterocycles. The molecule has 170 valence electrons. The van der Waals surface area contributed by atoms with Gasteiger partial charge in [-0.2, -0.15) is 0 Å².